The molecule has 0 aliphatic rings. The van der Waals surface area contributed by atoms with Gasteiger partial charge in [0.1, 0.15) is 5.75 Å². The lowest BCUT2D eigenvalue weighted by atomic mass is 9.58. The molecule has 0 N–H and O–H groups in total. The average molecular weight is 619 g/mol. The molecule has 0 spiro atoms. The molecule has 230 valence electrons. The van der Waals surface area contributed by atoms with E-state index in [1.165, 1.54) is 45.9 Å². The van der Waals surface area contributed by atoms with Crippen LogP contribution >= 0.6 is 0 Å². The van der Waals surface area contributed by atoms with Gasteiger partial charge < -0.3 is 9.30 Å². The zero-order valence-electron chi connectivity index (χ0n) is 26.8. The molecule has 6 rings (SSSR count). The van der Waals surface area contributed by atoms with Crippen molar-refractivity contribution in [2.24, 2.45) is 0 Å². The monoisotopic (exact) mass is 618 g/mol. The molecule has 0 radical (unpaired) electrons. The summed E-state index contributed by atoms with van der Waals surface area (Å²) < 4.78 is 8.62. The predicted molar refractivity (Wildman–Crippen MR) is 197 cm³/mol. The van der Waals surface area contributed by atoms with Crippen LogP contribution in [-0.2, 0) is 6.17 Å². The van der Waals surface area contributed by atoms with E-state index in [0.717, 1.165) is 37.9 Å². The highest BCUT2D eigenvalue weighted by Gasteiger charge is 2.40. The Bertz CT molecular complexity index is 1660. The summed E-state index contributed by atoms with van der Waals surface area (Å²) in [6.45, 7) is 3.01. The van der Waals surface area contributed by atoms with E-state index in [4.69, 9.17) is 9.72 Å². The van der Waals surface area contributed by atoms with Gasteiger partial charge in [0.15, 0.2) is 8.07 Å². The van der Waals surface area contributed by atoms with E-state index in [0.29, 0.717) is 0 Å². The van der Waals surface area contributed by atoms with Crippen molar-refractivity contribution in [3.8, 4) is 5.75 Å². The Kier molecular flexibility index (Phi) is 10.6. The Morgan fingerprint density at radius 3 is 1.70 bits per heavy atom. The predicted octanol–water partition coefficient (Wildman–Crippen LogP) is 6.40. The lowest BCUT2D eigenvalue weighted by Gasteiger charge is -2.35. The highest BCUT2D eigenvalue weighted by Crippen LogP contribution is 2.23. The zero-order valence-corrected chi connectivity index (χ0v) is 27.8. The van der Waals surface area contributed by atoms with E-state index in [2.05, 4.69) is 163 Å². The van der Waals surface area contributed by atoms with Gasteiger partial charge in [-0.1, -0.05) is 160 Å². The SMILES string of the molecule is CCCCCCOc1ccc([Si](Cn2ccnc2BC(c2ccccc2)c2ccccc2)(c2ccccc2)c2ccccc2)cc1. The summed E-state index contributed by atoms with van der Waals surface area (Å²) in [6, 6.07) is 53.0. The second kappa shape index (κ2) is 15.6. The average Bonchev–Trinajstić information content (AvgIpc) is 3.57. The Labute approximate surface area is 276 Å². The summed E-state index contributed by atoms with van der Waals surface area (Å²) >= 11 is 0. The second-order valence-corrected chi connectivity index (χ2v) is 16.0. The van der Waals surface area contributed by atoms with Crippen LogP contribution in [0.4, 0.5) is 0 Å². The number of ether oxygens (including phenoxy) is 1. The maximum absolute atomic E-state index is 6.18. The van der Waals surface area contributed by atoms with Crippen molar-refractivity contribution in [1.29, 1.82) is 0 Å². The molecule has 0 unspecified atom stereocenters. The van der Waals surface area contributed by atoms with E-state index in [-0.39, 0.29) is 5.82 Å². The van der Waals surface area contributed by atoms with Crippen LogP contribution < -0.4 is 26.0 Å². The number of benzene rings is 5. The van der Waals surface area contributed by atoms with Gasteiger partial charge in [0, 0.05) is 18.6 Å². The number of aromatic nitrogens is 2. The molecule has 5 heteroatoms. The summed E-state index contributed by atoms with van der Waals surface area (Å²) in [5.74, 6) is 1.16. The van der Waals surface area contributed by atoms with E-state index in [1.807, 2.05) is 6.20 Å². The van der Waals surface area contributed by atoms with Crippen molar-refractivity contribution in [2.45, 2.75) is 44.6 Å². The van der Waals surface area contributed by atoms with Crippen LogP contribution in [0, 0.1) is 0 Å². The molecule has 1 aromatic heterocycles. The molecule has 5 aromatic carbocycles. The molecule has 3 nitrogen and oxygen atoms in total. The van der Waals surface area contributed by atoms with E-state index in [1.54, 1.807) is 0 Å². The van der Waals surface area contributed by atoms with E-state index >= 15 is 0 Å². The third kappa shape index (κ3) is 7.27. The molecule has 1 heterocycles. The molecule has 0 atom stereocenters. The normalized spacial score (nSPS) is 11.4. The van der Waals surface area contributed by atoms with Gasteiger partial charge in [0.25, 0.3) is 0 Å². The molecule has 0 aliphatic heterocycles. The topological polar surface area (TPSA) is 27.1 Å². The standard InChI is InChI=1S/C41H43BN2OSi/c1-2-3-4-17-32-45-36-26-28-39(29-27-36)46(37-22-13-7-14-23-37,38-24-15-8-16-25-38)33-44-31-30-43-41(44)42-40(34-18-9-5-10-19-34)35-20-11-6-12-21-35/h5-16,18-31,40,42H,2-4,17,32-33H2,1H3. The van der Waals surface area contributed by atoms with Crippen molar-refractivity contribution in [2.75, 3.05) is 6.61 Å². The van der Waals surface area contributed by atoms with Gasteiger partial charge in [0.2, 0.25) is 7.28 Å². The van der Waals surface area contributed by atoms with Crippen LogP contribution in [0.2, 0.25) is 0 Å². The molecule has 0 bridgehead atoms. The van der Waals surface area contributed by atoms with Gasteiger partial charge in [-0.15, -0.1) is 0 Å². The Hall–Kier alpha value is -4.61. The van der Waals surface area contributed by atoms with Gasteiger partial charge in [0.05, 0.1) is 12.3 Å². The van der Waals surface area contributed by atoms with Crippen molar-refractivity contribution in [3.05, 3.63) is 169 Å². The number of unbranched alkanes of at least 4 members (excludes halogenated alkanes) is 3. The fourth-order valence-electron chi connectivity index (χ4n) is 6.68. The molecule has 0 saturated heterocycles. The largest absolute Gasteiger partial charge is 0.494 e. The van der Waals surface area contributed by atoms with E-state index < -0.39 is 8.07 Å². The Morgan fingerprint density at radius 2 is 1.15 bits per heavy atom. The summed E-state index contributed by atoms with van der Waals surface area (Å²) in [7, 11) is -1.75. The van der Waals surface area contributed by atoms with Crippen molar-refractivity contribution in [3.63, 3.8) is 0 Å². The van der Waals surface area contributed by atoms with Crippen LogP contribution in [0.25, 0.3) is 0 Å². The summed E-state index contributed by atoms with van der Waals surface area (Å²) in [5.41, 5.74) is 3.72. The zero-order chi connectivity index (χ0) is 31.4. The first-order valence-electron chi connectivity index (χ1n) is 16.7. The van der Waals surface area contributed by atoms with Crippen LogP contribution in [0.1, 0.15) is 49.6 Å². The number of hydrogen-bond acceptors (Lipinski definition) is 2. The van der Waals surface area contributed by atoms with Crippen LogP contribution in [0.15, 0.2) is 158 Å². The van der Waals surface area contributed by atoms with Gasteiger partial charge >= 0.3 is 0 Å². The molecular formula is C41H43BN2OSi. The third-order valence-electron chi connectivity index (χ3n) is 9.15. The molecule has 0 fully saturated rings. The number of nitrogens with zero attached hydrogens (tertiary/aromatic N) is 2. The van der Waals surface area contributed by atoms with Gasteiger partial charge in [-0.05, 0) is 51.1 Å². The molecular weight excluding hydrogens is 575 g/mol. The quantitative estimate of drug-likeness (QED) is 0.0757. The second-order valence-electron chi connectivity index (χ2n) is 12.1. The lowest BCUT2D eigenvalue weighted by Crippen LogP contribution is -2.70. The Balaban J connectivity index is 1.40. The van der Waals surface area contributed by atoms with Crippen LogP contribution in [0.3, 0.4) is 0 Å². The molecule has 46 heavy (non-hydrogen) atoms. The van der Waals surface area contributed by atoms with Gasteiger partial charge in [-0.3, -0.25) is 4.98 Å². The molecule has 0 aliphatic carbocycles. The number of rotatable bonds is 15. The minimum atomic E-state index is -2.57. The Morgan fingerprint density at radius 1 is 0.630 bits per heavy atom. The van der Waals surface area contributed by atoms with Gasteiger partial charge in [-0.2, -0.15) is 0 Å². The molecule has 0 saturated carbocycles. The lowest BCUT2D eigenvalue weighted by molar-refractivity contribution is 0.305. The first-order valence-corrected chi connectivity index (χ1v) is 18.9. The fourth-order valence-corrected chi connectivity index (χ4v) is 11.3. The minimum absolute atomic E-state index is 0.210. The summed E-state index contributed by atoms with van der Waals surface area (Å²) in [5, 5.41) is 4.14. The molecule has 0 amide bonds. The highest BCUT2D eigenvalue weighted by molar-refractivity contribution is 7.10. The maximum atomic E-state index is 6.18. The highest BCUT2D eigenvalue weighted by atomic mass is 28.3. The van der Waals surface area contributed by atoms with Crippen LogP contribution in [0.5, 0.6) is 5.75 Å². The fraction of sp³-hybridized carbons (Fsp3) is 0.195. The smallest absolute Gasteiger partial charge is 0.217 e. The first-order chi connectivity index (χ1) is 22.8. The van der Waals surface area contributed by atoms with Crippen LogP contribution in [-0.4, -0.2) is 31.5 Å². The first kappa shape index (κ1) is 31.4. The van der Waals surface area contributed by atoms with Crippen molar-refractivity contribution >= 4 is 36.6 Å². The maximum Gasteiger partial charge on any atom is 0.217 e. The molecule has 6 aromatic rings. The third-order valence-corrected chi connectivity index (χ3v) is 13.9. The van der Waals surface area contributed by atoms with Crippen molar-refractivity contribution in [1.82, 2.24) is 9.55 Å². The summed E-state index contributed by atoms with van der Waals surface area (Å²) in [4.78, 5) is 5.01. The summed E-state index contributed by atoms with van der Waals surface area (Å²) in [6.07, 6.45) is 9.82. The van der Waals surface area contributed by atoms with E-state index in [9.17, 15) is 0 Å². The van der Waals surface area contributed by atoms with Crippen molar-refractivity contribution < 1.29 is 4.74 Å². The number of hydrogen-bond donors (Lipinski definition) is 0. The van der Waals surface area contributed by atoms with Gasteiger partial charge in [-0.25, -0.2) is 0 Å². The minimum Gasteiger partial charge on any atom is -0.494 e. The number of imidazole rings is 1.